The number of nitrogens with one attached hydrogen (secondary N) is 1. The molecule has 3 aromatic rings. The molecule has 0 fully saturated rings. The zero-order valence-corrected chi connectivity index (χ0v) is 17.0. The van der Waals surface area contributed by atoms with Gasteiger partial charge in [-0.3, -0.25) is 4.98 Å². The molecule has 1 aromatic carbocycles. The summed E-state index contributed by atoms with van der Waals surface area (Å²) >= 11 is 5.72. The SMILES string of the molecule is COc1ccc(NC(=S)N(CCCn2ccnc2)Cc2ccncc2)cc1C. The molecule has 0 atom stereocenters. The highest BCUT2D eigenvalue weighted by atomic mass is 32.1. The predicted molar refractivity (Wildman–Crippen MR) is 115 cm³/mol. The van der Waals surface area contributed by atoms with Crippen molar-refractivity contribution in [3.8, 4) is 5.75 Å². The highest BCUT2D eigenvalue weighted by Gasteiger charge is 2.12. The van der Waals surface area contributed by atoms with Gasteiger partial charge in [-0.15, -0.1) is 0 Å². The van der Waals surface area contributed by atoms with Crippen molar-refractivity contribution in [2.45, 2.75) is 26.4 Å². The maximum Gasteiger partial charge on any atom is 0.173 e. The molecule has 2 heterocycles. The highest BCUT2D eigenvalue weighted by molar-refractivity contribution is 7.80. The molecule has 0 saturated heterocycles. The lowest BCUT2D eigenvalue weighted by Crippen LogP contribution is -2.35. The Morgan fingerprint density at radius 2 is 2.00 bits per heavy atom. The molecule has 0 aliphatic heterocycles. The first-order valence-corrected chi connectivity index (χ1v) is 9.62. The van der Waals surface area contributed by atoms with E-state index in [4.69, 9.17) is 17.0 Å². The average molecular weight is 396 g/mol. The highest BCUT2D eigenvalue weighted by Crippen LogP contribution is 2.22. The molecule has 1 N–H and O–H groups in total. The first-order chi connectivity index (χ1) is 13.7. The van der Waals surface area contributed by atoms with Crippen LogP contribution in [0.2, 0.25) is 0 Å². The quantitative estimate of drug-likeness (QED) is 0.584. The van der Waals surface area contributed by atoms with E-state index in [1.807, 2.05) is 62.2 Å². The molecule has 7 heteroatoms. The van der Waals surface area contributed by atoms with Gasteiger partial charge in [0.2, 0.25) is 0 Å². The van der Waals surface area contributed by atoms with Crippen LogP contribution in [0.15, 0.2) is 61.4 Å². The molecule has 0 amide bonds. The fourth-order valence-corrected chi connectivity index (χ4v) is 3.26. The Hall–Kier alpha value is -2.93. The maximum atomic E-state index is 5.72. The summed E-state index contributed by atoms with van der Waals surface area (Å²) < 4.78 is 7.41. The Morgan fingerprint density at radius 1 is 1.18 bits per heavy atom. The van der Waals surface area contributed by atoms with E-state index in [-0.39, 0.29) is 0 Å². The predicted octanol–water partition coefficient (Wildman–Crippen LogP) is 3.88. The summed E-state index contributed by atoms with van der Waals surface area (Å²) in [5.74, 6) is 0.866. The second-order valence-electron chi connectivity index (χ2n) is 6.55. The number of nitrogens with zero attached hydrogens (tertiary/aromatic N) is 4. The fraction of sp³-hybridized carbons (Fsp3) is 0.286. The summed E-state index contributed by atoms with van der Waals surface area (Å²) in [6.07, 6.45) is 10.2. The van der Waals surface area contributed by atoms with Gasteiger partial charge in [-0.25, -0.2) is 4.98 Å². The number of hydrogen-bond acceptors (Lipinski definition) is 4. The Kier molecular flexibility index (Phi) is 6.97. The Balaban J connectivity index is 1.67. The topological polar surface area (TPSA) is 55.2 Å². The largest absolute Gasteiger partial charge is 0.496 e. The molecule has 0 radical (unpaired) electrons. The lowest BCUT2D eigenvalue weighted by molar-refractivity contribution is 0.396. The van der Waals surface area contributed by atoms with Crippen LogP contribution in [0.3, 0.4) is 0 Å². The second kappa shape index (κ2) is 9.85. The second-order valence-corrected chi connectivity index (χ2v) is 6.93. The van der Waals surface area contributed by atoms with Gasteiger partial charge < -0.3 is 19.5 Å². The monoisotopic (exact) mass is 395 g/mol. The summed E-state index contributed by atoms with van der Waals surface area (Å²) in [5, 5.41) is 4.07. The van der Waals surface area contributed by atoms with Crippen molar-refractivity contribution in [1.82, 2.24) is 19.4 Å². The average Bonchev–Trinajstić information content (AvgIpc) is 3.21. The molecule has 146 valence electrons. The van der Waals surface area contributed by atoms with Crippen molar-refractivity contribution in [2.24, 2.45) is 0 Å². The van der Waals surface area contributed by atoms with E-state index in [0.29, 0.717) is 5.11 Å². The van der Waals surface area contributed by atoms with Crippen molar-refractivity contribution >= 4 is 23.0 Å². The van der Waals surface area contributed by atoms with Gasteiger partial charge in [-0.1, -0.05) is 0 Å². The Bertz CT molecular complexity index is 883. The number of aromatic nitrogens is 3. The molecule has 0 aliphatic rings. The van der Waals surface area contributed by atoms with E-state index in [0.717, 1.165) is 43.1 Å². The minimum absolute atomic E-state index is 0.701. The molecule has 0 saturated carbocycles. The van der Waals surface area contributed by atoms with E-state index in [9.17, 15) is 0 Å². The molecule has 0 bridgehead atoms. The van der Waals surface area contributed by atoms with Crippen LogP contribution in [0, 0.1) is 6.92 Å². The van der Waals surface area contributed by atoms with Gasteiger partial charge in [0.15, 0.2) is 5.11 Å². The molecule has 3 rings (SSSR count). The van der Waals surface area contributed by atoms with Crippen LogP contribution in [0.25, 0.3) is 0 Å². The number of aryl methyl sites for hydroxylation is 2. The summed E-state index contributed by atoms with van der Waals surface area (Å²) in [7, 11) is 1.68. The van der Waals surface area contributed by atoms with Crippen LogP contribution in [0.5, 0.6) is 5.75 Å². The van der Waals surface area contributed by atoms with Crippen LogP contribution < -0.4 is 10.1 Å². The van der Waals surface area contributed by atoms with Crippen molar-refractivity contribution in [3.63, 3.8) is 0 Å². The van der Waals surface area contributed by atoms with E-state index >= 15 is 0 Å². The van der Waals surface area contributed by atoms with Crippen LogP contribution in [0.4, 0.5) is 5.69 Å². The van der Waals surface area contributed by atoms with E-state index in [2.05, 4.69) is 24.8 Å². The maximum absolute atomic E-state index is 5.72. The first-order valence-electron chi connectivity index (χ1n) is 9.21. The number of rotatable bonds is 8. The number of hydrogen-bond donors (Lipinski definition) is 1. The molecule has 0 aliphatic carbocycles. The fourth-order valence-electron chi connectivity index (χ4n) is 2.98. The Labute approximate surface area is 171 Å². The number of imidazole rings is 1. The van der Waals surface area contributed by atoms with E-state index < -0.39 is 0 Å². The standard InChI is InChI=1S/C21H25N5OS/c1-17-14-19(4-5-20(17)27-2)24-21(28)26(15-18-6-8-22-9-7-18)12-3-11-25-13-10-23-16-25/h4-10,13-14,16H,3,11-12,15H2,1-2H3,(H,24,28). The van der Waals surface area contributed by atoms with Crippen molar-refractivity contribution in [2.75, 3.05) is 19.0 Å². The van der Waals surface area contributed by atoms with Crippen LogP contribution >= 0.6 is 12.2 Å². The number of thiocarbonyl (C=S) groups is 1. The summed E-state index contributed by atoms with van der Waals surface area (Å²) in [6, 6.07) is 10.0. The molecule has 2 aromatic heterocycles. The molecular formula is C21H25N5OS. The number of benzene rings is 1. The van der Waals surface area contributed by atoms with Gasteiger partial charge in [0, 0.05) is 50.1 Å². The van der Waals surface area contributed by atoms with Gasteiger partial charge in [0.1, 0.15) is 5.75 Å². The van der Waals surface area contributed by atoms with Gasteiger partial charge in [-0.05, 0) is 67.0 Å². The van der Waals surface area contributed by atoms with Gasteiger partial charge >= 0.3 is 0 Å². The normalized spacial score (nSPS) is 10.5. The number of ether oxygens (including phenoxy) is 1. The number of anilines is 1. The third-order valence-corrected chi connectivity index (χ3v) is 4.82. The molecule has 0 unspecified atom stereocenters. The molecular weight excluding hydrogens is 370 g/mol. The summed E-state index contributed by atoms with van der Waals surface area (Å²) in [6.45, 7) is 4.49. The minimum Gasteiger partial charge on any atom is -0.496 e. The Morgan fingerprint density at radius 3 is 2.68 bits per heavy atom. The van der Waals surface area contributed by atoms with E-state index in [1.54, 1.807) is 13.3 Å². The molecule has 6 nitrogen and oxygen atoms in total. The van der Waals surface area contributed by atoms with E-state index in [1.165, 1.54) is 5.56 Å². The minimum atomic E-state index is 0.701. The summed E-state index contributed by atoms with van der Waals surface area (Å²) in [4.78, 5) is 10.4. The van der Waals surface area contributed by atoms with Crippen LogP contribution in [-0.2, 0) is 13.1 Å². The van der Waals surface area contributed by atoms with Crippen molar-refractivity contribution < 1.29 is 4.74 Å². The molecule has 0 spiro atoms. The lowest BCUT2D eigenvalue weighted by atomic mass is 10.2. The van der Waals surface area contributed by atoms with Crippen LogP contribution in [-0.4, -0.2) is 38.2 Å². The lowest BCUT2D eigenvalue weighted by Gasteiger charge is -2.26. The number of pyridine rings is 1. The third kappa shape index (κ3) is 5.53. The zero-order chi connectivity index (χ0) is 19.8. The summed E-state index contributed by atoms with van der Waals surface area (Å²) in [5.41, 5.74) is 3.20. The first kappa shape index (κ1) is 19.8. The molecule has 28 heavy (non-hydrogen) atoms. The van der Waals surface area contributed by atoms with Gasteiger partial charge in [0.25, 0.3) is 0 Å². The van der Waals surface area contributed by atoms with Crippen molar-refractivity contribution in [3.05, 3.63) is 72.6 Å². The smallest absolute Gasteiger partial charge is 0.173 e. The van der Waals surface area contributed by atoms with Crippen LogP contribution in [0.1, 0.15) is 17.5 Å². The van der Waals surface area contributed by atoms with Gasteiger partial charge in [-0.2, -0.15) is 0 Å². The third-order valence-electron chi connectivity index (χ3n) is 4.46. The number of methoxy groups -OCH3 is 1. The van der Waals surface area contributed by atoms with Crippen molar-refractivity contribution in [1.29, 1.82) is 0 Å². The van der Waals surface area contributed by atoms with Gasteiger partial charge in [0.05, 0.1) is 13.4 Å². The zero-order valence-electron chi connectivity index (χ0n) is 16.2.